The number of amides is 1. The van der Waals surface area contributed by atoms with Crippen LogP contribution in [0, 0.1) is 11.8 Å². The molecule has 4 heterocycles. The van der Waals surface area contributed by atoms with Gasteiger partial charge in [-0.05, 0) is 62.7 Å². The van der Waals surface area contributed by atoms with Crippen molar-refractivity contribution in [2.24, 2.45) is 11.8 Å². The van der Waals surface area contributed by atoms with Crippen molar-refractivity contribution >= 4 is 28.6 Å². The van der Waals surface area contributed by atoms with Crippen LogP contribution in [0.4, 0.5) is 0 Å². The van der Waals surface area contributed by atoms with Crippen molar-refractivity contribution in [2.75, 3.05) is 32.7 Å². The Kier molecular flexibility index (Phi) is 6.97. The summed E-state index contributed by atoms with van der Waals surface area (Å²) in [7, 11) is 0. The Bertz CT molecular complexity index is 1080. The molecule has 0 bridgehead atoms. The number of carbonyl (C=O) groups excluding carboxylic acids is 1. The van der Waals surface area contributed by atoms with E-state index in [4.69, 9.17) is 4.42 Å². The highest BCUT2D eigenvalue weighted by atomic mass is 32.2. The maximum absolute atomic E-state index is 13.7. The summed E-state index contributed by atoms with van der Waals surface area (Å²) in [5.74, 6) is 2.48. The van der Waals surface area contributed by atoms with Gasteiger partial charge in [-0.25, -0.2) is 9.97 Å². The molecule has 5 rings (SSSR count). The largest absolute Gasteiger partial charge is 0.451 e. The molecule has 6 nitrogen and oxygen atoms in total. The zero-order valence-corrected chi connectivity index (χ0v) is 20.1. The molecule has 2 saturated heterocycles. The fourth-order valence-electron chi connectivity index (χ4n) is 5.06. The van der Waals surface area contributed by atoms with E-state index in [2.05, 4.69) is 21.8 Å². The Morgan fingerprint density at radius 3 is 2.70 bits per heavy atom. The Hall–Kier alpha value is -2.38. The number of thioether (sulfide) groups is 1. The highest BCUT2D eigenvalue weighted by Crippen LogP contribution is 2.32. The van der Waals surface area contributed by atoms with E-state index >= 15 is 0 Å². The van der Waals surface area contributed by atoms with Gasteiger partial charge in [-0.3, -0.25) is 4.79 Å². The number of furan rings is 1. The zero-order valence-electron chi connectivity index (χ0n) is 19.3. The van der Waals surface area contributed by atoms with Crippen molar-refractivity contribution in [3.8, 4) is 0 Å². The predicted octanol–water partition coefficient (Wildman–Crippen LogP) is 5.10. The van der Waals surface area contributed by atoms with Gasteiger partial charge in [0.25, 0.3) is 5.91 Å². The van der Waals surface area contributed by atoms with E-state index < -0.39 is 0 Å². The van der Waals surface area contributed by atoms with Crippen molar-refractivity contribution in [3.05, 3.63) is 54.0 Å². The van der Waals surface area contributed by atoms with E-state index in [1.54, 1.807) is 12.4 Å². The molecule has 2 aliphatic rings. The van der Waals surface area contributed by atoms with Crippen LogP contribution in [-0.2, 0) is 5.75 Å². The van der Waals surface area contributed by atoms with Crippen LogP contribution >= 0.6 is 11.8 Å². The molecule has 1 atom stereocenters. The van der Waals surface area contributed by atoms with Crippen LogP contribution in [0.25, 0.3) is 11.0 Å². The van der Waals surface area contributed by atoms with Crippen LogP contribution in [0.5, 0.6) is 0 Å². The summed E-state index contributed by atoms with van der Waals surface area (Å²) in [6, 6.07) is 9.73. The Morgan fingerprint density at radius 1 is 1.09 bits per heavy atom. The highest BCUT2D eigenvalue weighted by Gasteiger charge is 2.30. The van der Waals surface area contributed by atoms with E-state index in [9.17, 15) is 4.79 Å². The number of rotatable bonds is 6. The van der Waals surface area contributed by atoms with Crippen LogP contribution in [-0.4, -0.2) is 58.4 Å². The van der Waals surface area contributed by atoms with Gasteiger partial charge in [0.05, 0.1) is 0 Å². The van der Waals surface area contributed by atoms with E-state index in [0.717, 1.165) is 48.5 Å². The predicted molar refractivity (Wildman–Crippen MR) is 131 cm³/mol. The van der Waals surface area contributed by atoms with Gasteiger partial charge in [-0.1, -0.05) is 36.9 Å². The average molecular weight is 465 g/mol. The normalized spacial score (nSPS) is 20.4. The number of aromatic nitrogens is 2. The van der Waals surface area contributed by atoms with Crippen LogP contribution in [0.3, 0.4) is 0 Å². The maximum atomic E-state index is 13.7. The second kappa shape index (κ2) is 10.3. The number of nitrogens with zero attached hydrogens (tertiary/aromatic N) is 4. The van der Waals surface area contributed by atoms with Crippen molar-refractivity contribution in [1.29, 1.82) is 0 Å². The molecule has 0 spiro atoms. The van der Waals surface area contributed by atoms with Gasteiger partial charge in [0.2, 0.25) is 0 Å². The molecule has 0 N–H and O–H groups in total. The molecule has 1 unspecified atom stereocenters. The number of hydrogen-bond acceptors (Lipinski definition) is 6. The lowest BCUT2D eigenvalue weighted by Crippen LogP contribution is -2.45. The number of hydrogen-bond donors (Lipinski definition) is 0. The fraction of sp³-hybridized carbons (Fsp3) is 0.500. The van der Waals surface area contributed by atoms with E-state index in [1.165, 1.54) is 44.1 Å². The van der Waals surface area contributed by atoms with Gasteiger partial charge in [0.1, 0.15) is 5.58 Å². The minimum absolute atomic E-state index is 0.0211. The first kappa shape index (κ1) is 22.4. The van der Waals surface area contributed by atoms with Crippen LogP contribution in [0.15, 0.2) is 52.3 Å². The third-order valence-corrected chi connectivity index (χ3v) is 7.88. The molecule has 1 aromatic carbocycles. The highest BCUT2D eigenvalue weighted by molar-refractivity contribution is 7.98. The van der Waals surface area contributed by atoms with Gasteiger partial charge in [-0.15, -0.1) is 0 Å². The van der Waals surface area contributed by atoms with Crippen LogP contribution in [0.1, 0.15) is 48.7 Å². The third-order valence-electron chi connectivity index (χ3n) is 6.98. The first-order valence-corrected chi connectivity index (χ1v) is 13.1. The number of piperidine rings is 2. The van der Waals surface area contributed by atoms with E-state index in [0.29, 0.717) is 22.6 Å². The number of benzene rings is 1. The summed E-state index contributed by atoms with van der Waals surface area (Å²) in [6.07, 6.45) is 8.32. The summed E-state index contributed by atoms with van der Waals surface area (Å²) >= 11 is 1.54. The van der Waals surface area contributed by atoms with E-state index in [-0.39, 0.29) is 5.91 Å². The second-order valence-electron chi connectivity index (χ2n) is 9.47. The molecule has 33 heavy (non-hydrogen) atoms. The van der Waals surface area contributed by atoms with Gasteiger partial charge < -0.3 is 14.2 Å². The molecule has 2 aliphatic heterocycles. The number of fused-ring (bicyclic) bond motifs is 1. The molecular weight excluding hydrogens is 432 g/mol. The van der Waals surface area contributed by atoms with Crippen molar-refractivity contribution < 1.29 is 9.21 Å². The summed E-state index contributed by atoms with van der Waals surface area (Å²) < 4.78 is 6.14. The molecule has 2 fully saturated rings. The van der Waals surface area contributed by atoms with Gasteiger partial charge in [-0.2, -0.15) is 0 Å². The van der Waals surface area contributed by atoms with Gasteiger partial charge in [0, 0.05) is 48.7 Å². The lowest BCUT2D eigenvalue weighted by Gasteiger charge is -2.37. The Labute approximate surface area is 199 Å². The van der Waals surface area contributed by atoms with Crippen molar-refractivity contribution in [1.82, 2.24) is 19.8 Å². The lowest BCUT2D eigenvalue weighted by molar-refractivity contribution is 0.0593. The lowest BCUT2D eigenvalue weighted by atomic mass is 9.94. The maximum Gasteiger partial charge on any atom is 0.289 e. The molecule has 2 aromatic heterocycles. The topological polar surface area (TPSA) is 62.5 Å². The molecular formula is C26H32N4O2S. The zero-order chi connectivity index (χ0) is 22.6. The smallest absolute Gasteiger partial charge is 0.289 e. The quantitative estimate of drug-likeness (QED) is 0.374. The van der Waals surface area contributed by atoms with Crippen molar-refractivity contribution in [2.45, 2.75) is 43.5 Å². The average Bonchev–Trinajstić information content (AvgIpc) is 3.23. The third kappa shape index (κ3) is 5.25. The number of likely N-dealkylation sites (tertiary alicyclic amines) is 2. The Balaban J connectivity index is 1.32. The summed E-state index contributed by atoms with van der Waals surface area (Å²) in [5.41, 5.74) is 1.71. The standard InChI is InChI=1S/C26H32N4O2S/c1-19-9-14-29(15-10-19)16-20-6-4-13-30(17-20)25(31)24-22(18-33-26-27-11-5-12-28-26)21-7-2-3-8-23(21)32-24/h2-3,5,7-8,11-12,19-20H,4,6,9-10,13-18H2,1H3. The summed E-state index contributed by atoms with van der Waals surface area (Å²) in [5, 5.41) is 1.70. The first-order chi connectivity index (χ1) is 16.2. The molecule has 0 aliphatic carbocycles. The molecule has 0 saturated carbocycles. The van der Waals surface area contributed by atoms with Crippen molar-refractivity contribution in [3.63, 3.8) is 0 Å². The molecule has 3 aromatic rings. The second-order valence-corrected chi connectivity index (χ2v) is 10.4. The molecule has 1 amide bonds. The fourth-order valence-corrected chi connectivity index (χ4v) is 5.89. The van der Waals surface area contributed by atoms with Crippen LogP contribution < -0.4 is 0 Å². The first-order valence-electron chi connectivity index (χ1n) is 12.1. The number of para-hydroxylation sites is 1. The summed E-state index contributed by atoms with van der Waals surface area (Å²) in [4.78, 5) is 26.9. The minimum Gasteiger partial charge on any atom is -0.451 e. The minimum atomic E-state index is 0.0211. The van der Waals surface area contributed by atoms with Gasteiger partial charge in [0.15, 0.2) is 10.9 Å². The summed E-state index contributed by atoms with van der Waals surface area (Å²) in [6.45, 7) is 7.46. The van der Waals surface area contributed by atoms with Gasteiger partial charge >= 0.3 is 0 Å². The SMILES string of the molecule is CC1CCN(CC2CCCN(C(=O)c3oc4ccccc4c3CSc3ncccn3)C2)CC1. The van der Waals surface area contributed by atoms with Crippen LogP contribution in [0.2, 0.25) is 0 Å². The molecule has 0 radical (unpaired) electrons. The Morgan fingerprint density at radius 2 is 1.88 bits per heavy atom. The molecule has 174 valence electrons. The van der Waals surface area contributed by atoms with E-state index in [1.807, 2.05) is 35.2 Å². The number of carbonyl (C=O) groups is 1. The monoisotopic (exact) mass is 464 g/mol. The molecule has 7 heteroatoms.